The summed E-state index contributed by atoms with van der Waals surface area (Å²) in [7, 11) is 1.38. The zero-order valence-corrected chi connectivity index (χ0v) is 21.6. The van der Waals surface area contributed by atoms with E-state index in [2.05, 4.69) is 10.4 Å². The molecule has 13 heteroatoms. The first kappa shape index (κ1) is 27.7. The molecule has 1 heterocycles. The maximum Gasteiger partial charge on any atom is 0.377 e. The van der Waals surface area contributed by atoms with Crippen LogP contribution in [0.3, 0.4) is 0 Å². The Morgan fingerprint density at radius 3 is 2.38 bits per heavy atom. The maximum atomic E-state index is 14.5. The maximum absolute atomic E-state index is 14.5. The van der Waals surface area contributed by atoms with E-state index in [1.54, 1.807) is 26.0 Å². The van der Waals surface area contributed by atoms with Gasteiger partial charge in [0.05, 0.1) is 12.7 Å². The van der Waals surface area contributed by atoms with Crippen LogP contribution in [-0.2, 0) is 11.3 Å². The van der Waals surface area contributed by atoms with Crippen LogP contribution < -0.4 is 15.3 Å². The Hall–Kier alpha value is -5.33. The van der Waals surface area contributed by atoms with E-state index in [9.17, 15) is 28.7 Å². The number of carbonyl (C=O) groups is 3. The molecule has 40 heavy (non-hydrogen) atoms. The highest BCUT2D eigenvalue weighted by atomic mass is 19.1. The van der Waals surface area contributed by atoms with Gasteiger partial charge in [0.15, 0.2) is 0 Å². The molecule has 0 aliphatic rings. The lowest BCUT2D eigenvalue weighted by atomic mass is 10.1. The average Bonchev–Trinajstić information content (AvgIpc) is 3.32. The summed E-state index contributed by atoms with van der Waals surface area (Å²) < 4.78 is 26.0. The van der Waals surface area contributed by atoms with Crippen LogP contribution in [-0.4, -0.2) is 56.0 Å². The Labute approximate surface area is 226 Å². The summed E-state index contributed by atoms with van der Waals surface area (Å²) in [5.74, 6) is -3.06. The van der Waals surface area contributed by atoms with Crippen LogP contribution in [0.4, 0.5) is 14.9 Å². The van der Waals surface area contributed by atoms with Gasteiger partial charge >= 0.3 is 23.7 Å². The third-order valence-corrected chi connectivity index (χ3v) is 5.81. The molecule has 0 atom stereocenters. The monoisotopic (exact) mass is 549 g/mol. The SMILES string of the molecule is COc1ccc(N(C(=O)n2nnn(-c3c(F)cccc3C(=O)O)c2=O)C(C)C)cc1C(=O)OCc1ccccc1. The summed E-state index contributed by atoms with van der Waals surface area (Å²) in [6.45, 7) is 3.32. The lowest BCUT2D eigenvalue weighted by Crippen LogP contribution is -2.44. The first-order chi connectivity index (χ1) is 19.1. The van der Waals surface area contributed by atoms with Gasteiger partial charge in [0.25, 0.3) is 0 Å². The van der Waals surface area contributed by atoms with Gasteiger partial charge in [0, 0.05) is 11.7 Å². The molecular weight excluding hydrogens is 525 g/mol. The summed E-state index contributed by atoms with van der Waals surface area (Å²) in [5, 5.41) is 16.5. The second kappa shape index (κ2) is 11.6. The highest BCUT2D eigenvalue weighted by molar-refractivity contribution is 5.98. The largest absolute Gasteiger partial charge is 0.496 e. The second-order valence-corrected chi connectivity index (χ2v) is 8.72. The van der Waals surface area contributed by atoms with Crippen molar-refractivity contribution in [3.63, 3.8) is 0 Å². The summed E-state index contributed by atoms with van der Waals surface area (Å²) >= 11 is 0. The fourth-order valence-corrected chi connectivity index (χ4v) is 3.95. The zero-order chi connectivity index (χ0) is 29.0. The van der Waals surface area contributed by atoms with Crippen LogP contribution in [0, 0.1) is 5.82 Å². The smallest absolute Gasteiger partial charge is 0.377 e. The number of methoxy groups -OCH3 is 1. The Kier molecular flexibility index (Phi) is 8.03. The van der Waals surface area contributed by atoms with Crippen molar-refractivity contribution in [2.45, 2.75) is 26.5 Å². The van der Waals surface area contributed by atoms with Gasteiger partial charge in [0.2, 0.25) is 0 Å². The highest BCUT2D eigenvalue weighted by Crippen LogP contribution is 2.28. The molecule has 0 unspecified atom stereocenters. The number of halogens is 1. The number of benzene rings is 3. The number of carboxylic acids is 1. The summed E-state index contributed by atoms with van der Waals surface area (Å²) in [6.07, 6.45) is 0. The van der Waals surface area contributed by atoms with Crippen LogP contribution in [0.1, 0.15) is 40.1 Å². The first-order valence-electron chi connectivity index (χ1n) is 11.9. The normalized spacial score (nSPS) is 10.8. The predicted octanol–water partition coefficient (Wildman–Crippen LogP) is 3.52. The molecule has 0 saturated carbocycles. The number of nitrogens with zero attached hydrogens (tertiary/aromatic N) is 5. The Morgan fingerprint density at radius 1 is 1.00 bits per heavy atom. The van der Waals surface area contributed by atoms with Crippen LogP contribution >= 0.6 is 0 Å². The molecule has 4 aromatic rings. The molecule has 1 aromatic heterocycles. The number of amides is 1. The second-order valence-electron chi connectivity index (χ2n) is 8.72. The van der Waals surface area contributed by atoms with E-state index in [0.29, 0.717) is 9.36 Å². The minimum atomic E-state index is -1.50. The minimum absolute atomic E-state index is 0.00670. The molecule has 1 amide bonds. The minimum Gasteiger partial charge on any atom is -0.496 e. The van der Waals surface area contributed by atoms with E-state index in [-0.39, 0.29) is 23.6 Å². The fourth-order valence-electron chi connectivity index (χ4n) is 3.95. The highest BCUT2D eigenvalue weighted by Gasteiger charge is 2.29. The summed E-state index contributed by atoms with van der Waals surface area (Å²) in [6, 6.07) is 15.0. The molecule has 0 fully saturated rings. The van der Waals surface area contributed by atoms with E-state index >= 15 is 0 Å². The third kappa shape index (κ3) is 5.43. The van der Waals surface area contributed by atoms with E-state index in [4.69, 9.17) is 9.47 Å². The van der Waals surface area contributed by atoms with E-state index < -0.39 is 46.8 Å². The number of hydrogen-bond donors (Lipinski definition) is 1. The number of anilines is 1. The van der Waals surface area contributed by atoms with Gasteiger partial charge in [-0.05, 0) is 60.2 Å². The fraction of sp³-hybridized carbons (Fsp3) is 0.185. The predicted molar refractivity (Wildman–Crippen MR) is 140 cm³/mol. The Morgan fingerprint density at radius 2 is 1.73 bits per heavy atom. The van der Waals surface area contributed by atoms with Crippen molar-refractivity contribution >= 4 is 23.7 Å². The van der Waals surface area contributed by atoms with Crippen molar-refractivity contribution in [2.24, 2.45) is 0 Å². The number of tetrazole rings is 1. The standard InChI is InChI=1S/C27H24FN5O7/c1-16(2)31(18-12-13-22(39-3)20(14-18)25(36)40-15-17-8-5-4-6-9-17)26(37)33-27(38)32(29-30-33)23-19(24(34)35)10-7-11-21(23)28/h4-14,16H,15H2,1-3H3,(H,34,35). The van der Waals surface area contributed by atoms with Gasteiger partial charge in [-0.1, -0.05) is 36.4 Å². The molecular formula is C27H24FN5O7. The summed E-state index contributed by atoms with van der Waals surface area (Å²) in [5.41, 5.74) is -1.40. The van der Waals surface area contributed by atoms with Gasteiger partial charge in [-0.2, -0.15) is 4.68 Å². The van der Waals surface area contributed by atoms with Crippen molar-refractivity contribution in [1.29, 1.82) is 0 Å². The molecule has 0 aliphatic heterocycles. The topological polar surface area (TPSA) is 146 Å². The average molecular weight is 550 g/mol. The van der Waals surface area contributed by atoms with Crippen molar-refractivity contribution in [2.75, 3.05) is 12.0 Å². The lowest BCUT2D eigenvalue weighted by molar-refractivity contribution is 0.0468. The molecule has 0 aliphatic carbocycles. The number of carboxylic acid groups (broad SMARTS) is 1. The van der Waals surface area contributed by atoms with Gasteiger partial charge in [-0.3, -0.25) is 4.90 Å². The van der Waals surface area contributed by atoms with Crippen molar-refractivity contribution < 1.29 is 33.4 Å². The molecule has 12 nitrogen and oxygen atoms in total. The van der Waals surface area contributed by atoms with Crippen LogP contribution in [0.15, 0.2) is 71.5 Å². The van der Waals surface area contributed by atoms with Gasteiger partial charge < -0.3 is 14.6 Å². The molecule has 0 saturated heterocycles. The number of ether oxygens (including phenoxy) is 2. The molecule has 1 N–H and O–H groups in total. The van der Waals surface area contributed by atoms with E-state index in [0.717, 1.165) is 28.7 Å². The van der Waals surface area contributed by atoms with E-state index in [1.807, 2.05) is 18.2 Å². The Bertz CT molecular complexity index is 1630. The molecule has 4 rings (SSSR count). The number of aromatic carboxylic acids is 1. The van der Waals surface area contributed by atoms with Crippen LogP contribution in [0.25, 0.3) is 5.69 Å². The molecule has 3 aromatic carbocycles. The van der Waals surface area contributed by atoms with Crippen LogP contribution in [0.2, 0.25) is 0 Å². The molecule has 0 spiro atoms. The number of esters is 1. The zero-order valence-electron chi connectivity index (χ0n) is 21.6. The third-order valence-electron chi connectivity index (χ3n) is 5.81. The van der Waals surface area contributed by atoms with Gasteiger partial charge in [0.1, 0.15) is 29.4 Å². The summed E-state index contributed by atoms with van der Waals surface area (Å²) in [4.78, 5) is 52.3. The number of rotatable bonds is 8. The van der Waals surface area contributed by atoms with E-state index in [1.165, 1.54) is 25.3 Å². The van der Waals surface area contributed by atoms with Crippen LogP contribution in [0.5, 0.6) is 5.75 Å². The van der Waals surface area contributed by atoms with Gasteiger partial charge in [-0.25, -0.2) is 23.6 Å². The van der Waals surface area contributed by atoms with Crippen molar-refractivity contribution in [1.82, 2.24) is 19.8 Å². The first-order valence-corrected chi connectivity index (χ1v) is 11.9. The molecule has 206 valence electrons. The lowest BCUT2D eigenvalue weighted by Gasteiger charge is -2.26. The number of para-hydroxylation sites is 1. The number of carbonyl (C=O) groups excluding carboxylic acids is 2. The number of hydrogen-bond acceptors (Lipinski definition) is 8. The van der Waals surface area contributed by atoms with Crippen molar-refractivity contribution in [3.05, 3.63) is 99.7 Å². The van der Waals surface area contributed by atoms with Crippen molar-refractivity contribution in [3.8, 4) is 11.4 Å². The molecule has 0 radical (unpaired) electrons. The quantitative estimate of drug-likeness (QED) is 0.258. The molecule has 0 bridgehead atoms. The Balaban J connectivity index is 1.70. The van der Waals surface area contributed by atoms with Gasteiger partial charge in [-0.15, -0.1) is 4.68 Å². The number of aromatic nitrogens is 4.